The zero-order valence-electron chi connectivity index (χ0n) is 10.4. The number of nitrogens with one attached hydrogen (secondary N) is 1. The average molecular weight is 249 g/mol. The van der Waals surface area contributed by atoms with Crippen LogP contribution in [0.15, 0.2) is 35.4 Å². The molecule has 2 atom stereocenters. The van der Waals surface area contributed by atoms with Crippen molar-refractivity contribution >= 4 is 17.8 Å². The molecule has 98 valence electrons. The first-order valence-corrected chi connectivity index (χ1v) is 5.88. The molecular weight excluding hydrogens is 230 g/mol. The van der Waals surface area contributed by atoms with Crippen LogP contribution in [0.2, 0.25) is 0 Å². The molecule has 0 aliphatic carbocycles. The van der Waals surface area contributed by atoms with E-state index >= 15 is 0 Å². The Hall–Kier alpha value is -1.88. The van der Waals surface area contributed by atoms with E-state index in [0.717, 1.165) is 5.69 Å². The van der Waals surface area contributed by atoms with Gasteiger partial charge in [0.15, 0.2) is 0 Å². The molecule has 0 aliphatic rings. The second-order valence-corrected chi connectivity index (χ2v) is 4.24. The summed E-state index contributed by atoms with van der Waals surface area (Å²) in [5, 5.41) is 13.7. The van der Waals surface area contributed by atoms with Crippen LogP contribution >= 0.6 is 0 Å². The molecule has 0 aromatic heterocycles. The number of carbonyl (C=O) groups excluding carboxylic acids is 1. The van der Waals surface area contributed by atoms with E-state index in [1.807, 2.05) is 37.3 Å². The van der Waals surface area contributed by atoms with Crippen LogP contribution in [0.1, 0.15) is 19.8 Å². The zero-order valence-corrected chi connectivity index (χ0v) is 10.4. The number of hydrazone groups is 1. The lowest BCUT2D eigenvalue weighted by molar-refractivity contribution is -0.120. The van der Waals surface area contributed by atoms with Crippen molar-refractivity contribution in [3.05, 3.63) is 30.3 Å². The molecule has 1 rings (SSSR count). The first-order valence-electron chi connectivity index (χ1n) is 5.88. The van der Waals surface area contributed by atoms with Gasteiger partial charge in [-0.1, -0.05) is 25.1 Å². The number of amides is 1. The van der Waals surface area contributed by atoms with Crippen LogP contribution in [0.4, 0.5) is 5.69 Å². The zero-order chi connectivity index (χ0) is 13.4. The van der Waals surface area contributed by atoms with Crippen molar-refractivity contribution in [2.75, 3.05) is 5.43 Å². The SMILES string of the molecule is C[C@H](C/C=N/Nc1ccccc1)[C@@H](O)CC(N)=O. The number of aliphatic hydroxyl groups excluding tert-OH is 1. The van der Waals surface area contributed by atoms with Crippen molar-refractivity contribution in [2.45, 2.75) is 25.9 Å². The van der Waals surface area contributed by atoms with Crippen molar-refractivity contribution in [1.82, 2.24) is 0 Å². The van der Waals surface area contributed by atoms with Crippen molar-refractivity contribution in [3.63, 3.8) is 0 Å². The van der Waals surface area contributed by atoms with Gasteiger partial charge in [-0.15, -0.1) is 0 Å². The number of primary amides is 1. The molecule has 0 saturated carbocycles. The maximum Gasteiger partial charge on any atom is 0.220 e. The maximum absolute atomic E-state index is 10.6. The Bertz CT molecular complexity index is 392. The number of nitrogens with two attached hydrogens (primary N) is 1. The summed E-state index contributed by atoms with van der Waals surface area (Å²) in [6.45, 7) is 1.85. The summed E-state index contributed by atoms with van der Waals surface area (Å²) >= 11 is 0. The number of rotatable bonds is 7. The van der Waals surface area contributed by atoms with Gasteiger partial charge in [0.1, 0.15) is 0 Å². The summed E-state index contributed by atoms with van der Waals surface area (Å²) in [4.78, 5) is 10.6. The molecule has 5 heteroatoms. The molecule has 0 unspecified atom stereocenters. The minimum Gasteiger partial charge on any atom is -0.392 e. The third kappa shape index (κ3) is 5.45. The van der Waals surface area contributed by atoms with Gasteiger partial charge in [0, 0.05) is 6.21 Å². The molecule has 0 aliphatic heterocycles. The molecule has 1 amide bonds. The lowest BCUT2D eigenvalue weighted by atomic mass is 9.99. The highest BCUT2D eigenvalue weighted by Gasteiger charge is 2.15. The number of aliphatic hydroxyl groups is 1. The van der Waals surface area contributed by atoms with E-state index in [0.29, 0.717) is 6.42 Å². The third-order valence-corrected chi connectivity index (χ3v) is 2.60. The van der Waals surface area contributed by atoms with Gasteiger partial charge in [-0.2, -0.15) is 5.10 Å². The number of hydrogen-bond donors (Lipinski definition) is 3. The van der Waals surface area contributed by atoms with E-state index in [-0.39, 0.29) is 12.3 Å². The number of hydrogen-bond acceptors (Lipinski definition) is 4. The minimum atomic E-state index is -0.717. The highest BCUT2D eigenvalue weighted by molar-refractivity contribution is 5.74. The Morgan fingerprint density at radius 2 is 2.17 bits per heavy atom. The molecule has 0 bridgehead atoms. The number of carbonyl (C=O) groups is 1. The third-order valence-electron chi connectivity index (χ3n) is 2.60. The second-order valence-electron chi connectivity index (χ2n) is 4.24. The molecule has 0 spiro atoms. The predicted octanol–water partition coefficient (Wildman–Crippen LogP) is 1.35. The van der Waals surface area contributed by atoms with Crippen LogP contribution in [0.25, 0.3) is 0 Å². The standard InChI is InChI=1S/C13H19N3O2/c1-10(12(17)9-13(14)18)7-8-15-16-11-5-3-2-4-6-11/h2-6,8,10,12,16-17H,7,9H2,1H3,(H2,14,18)/b15-8+/t10-,12+/m1/s1. The molecule has 1 aromatic carbocycles. The molecule has 0 heterocycles. The summed E-state index contributed by atoms with van der Waals surface area (Å²) in [6, 6.07) is 9.57. The monoisotopic (exact) mass is 249 g/mol. The fraction of sp³-hybridized carbons (Fsp3) is 0.385. The van der Waals surface area contributed by atoms with Gasteiger partial charge in [-0.05, 0) is 24.5 Å². The summed E-state index contributed by atoms with van der Waals surface area (Å²) in [7, 11) is 0. The van der Waals surface area contributed by atoms with E-state index in [1.165, 1.54) is 0 Å². The van der Waals surface area contributed by atoms with Crippen LogP contribution in [0, 0.1) is 5.92 Å². The molecule has 5 nitrogen and oxygen atoms in total. The highest BCUT2D eigenvalue weighted by atomic mass is 16.3. The number of para-hydroxylation sites is 1. The molecule has 4 N–H and O–H groups in total. The van der Waals surface area contributed by atoms with Gasteiger partial charge >= 0.3 is 0 Å². The van der Waals surface area contributed by atoms with Gasteiger partial charge in [0.25, 0.3) is 0 Å². The maximum atomic E-state index is 10.6. The minimum absolute atomic E-state index is 0.0128. The first kappa shape index (κ1) is 14.2. The number of nitrogens with zero attached hydrogens (tertiary/aromatic N) is 1. The van der Waals surface area contributed by atoms with Crippen molar-refractivity contribution in [3.8, 4) is 0 Å². The lowest BCUT2D eigenvalue weighted by Gasteiger charge is -2.14. The normalized spacial score (nSPS) is 14.3. The molecule has 0 saturated heterocycles. The van der Waals surface area contributed by atoms with Crippen LogP contribution < -0.4 is 11.2 Å². The molecule has 0 fully saturated rings. The molecule has 1 aromatic rings. The van der Waals surface area contributed by atoms with Crippen molar-refractivity contribution < 1.29 is 9.90 Å². The van der Waals surface area contributed by atoms with E-state index in [2.05, 4.69) is 10.5 Å². The van der Waals surface area contributed by atoms with Gasteiger partial charge < -0.3 is 10.8 Å². The van der Waals surface area contributed by atoms with Crippen molar-refractivity contribution in [2.24, 2.45) is 16.8 Å². The first-order chi connectivity index (χ1) is 8.59. The van der Waals surface area contributed by atoms with Crippen LogP contribution in [-0.2, 0) is 4.79 Å². The van der Waals surface area contributed by atoms with Crippen LogP contribution in [0.3, 0.4) is 0 Å². The van der Waals surface area contributed by atoms with E-state index in [4.69, 9.17) is 5.73 Å². The Morgan fingerprint density at radius 3 is 2.78 bits per heavy atom. The van der Waals surface area contributed by atoms with Crippen LogP contribution in [0.5, 0.6) is 0 Å². The quantitative estimate of drug-likeness (QED) is 0.503. The molecular formula is C13H19N3O2. The predicted molar refractivity (Wildman–Crippen MR) is 72.2 cm³/mol. The largest absolute Gasteiger partial charge is 0.392 e. The Balaban J connectivity index is 2.29. The molecule has 18 heavy (non-hydrogen) atoms. The Labute approximate surface area is 107 Å². The van der Waals surface area contributed by atoms with E-state index in [9.17, 15) is 9.90 Å². The topological polar surface area (TPSA) is 87.7 Å². The fourth-order valence-electron chi connectivity index (χ4n) is 1.42. The van der Waals surface area contributed by atoms with Gasteiger partial charge in [0.05, 0.1) is 18.2 Å². The second kappa shape index (κ2) is 7.45. The average Bonchev–Trinajstić information content (AvgIpc) is 2.34. The van der Waals surface area contributed by atoms with Crippen molar-refractivity contribution in [1.29, 1.82) is 0 Å². The summed E-state index contributed by atoms with van der Waals surface area (Å²) in [6.07, 6.45) is 1.53. The van der Waals surface area contributed by atoms with Gasteiger partial charge in [0.2, 0.25) is 5.91 Å². The number of anilines is 1. The summed E-state index contributed by atoms with van der Waals surface area (Å²) in [5.41, 5.74) is 8.79. The smallest absolute Gasteiger partial charge is 0.220 e. The summed E-state index contributed by atoms with van der Waals surface area (Å²) in [5.74, 6) is -0.549. The number of benzene rings is 1. The molecule has 0 radical (unpaired) electrons. The lowest BCUT2D eigenvalue weighted by Crippen LogP contribution is -2.25. The van der Waals surface area contributed by atoms with Gasteiger partial charge in [-0.25, -0.2) is 0 Å². The van der Waals surface area contributed by atoms with Gasteiger partial charge in [-0.3, -0.25) is 10.2 Å². The highest BCUT2D eigenvalue weighted by Crippen LogP contribution is 2.10. The fourth-order valence-corrected chi connectivity index (χ4v) is 1.42. The summed E-state index contributed by atoms with van der Waals surface area (Å²) < 4.78 is 0. The van der Waals surface area contributed by atoms with E-state index in [1.54, 1.807) is 6.21 Å². The Kier molecular flexibility index (Phi) is 5.87. The van der Waals surface area contributed by atoms with Crippen LogP contribution in [-0.4, -0.2) is 23.3 Å². The van der Waals surface area contributed by atoms with E-state index < -0.39 is 12.0 Å². The Morgan fingerprint density at radius 1 is 1.50 bits per heavy atom.